The highest BCUT2D eigenvalue weighted by Gasteiger charge is 2.33. The first-order chi connectivity index (χ1) is 7.60. The standard InChI is InChI=1S/C10H20N2O3S/c13-10-5-4-8-12(9-10)16(14,15)11-6-2-1-3-7-11/h10,13H,1-9H2. The number of β-amino-alcohol motifs (C(OH)–C–C–N with tert-alkyl or cyclic N) is 1. The van der Waals surface area contributed by atoms with Gasteiger partial charge >= 0.3 is 0 Å². The molecule has 16 heavy (non-hydrogen) atoms. The Hall–Kier alpha value is -0.170. The molecule has 0 spiro atoms. The van der Waals surface area contributed by atoms with Crippen LogP contribution in [-0.4, -0.2) is 54.4 Å². The SMILES string of the molecule is O=S(=O)(N1CCCCC1)N1CCCC(O)C1. The predicted molar refractivity (Wildman–Crippen MR) is 61.2 cm³/mol. The first kappa shape index (κ1) is 12.3. The number of rotatable bonds is 2. The summed E-state index contributed by atoms with van der Waals surface area (Å²) >= 11 is 0. The van der Waals surface area contributed by atoms with E-state index in [0.29, 0.717) is 26.1 Å². The molecule has 2 aliphatic heterocycles. The molecule has 5 nitrogen and oxygen atoms in total. The third kappa shape index (κ3) is 2.56. The van der Waals surface area contributed by atoms with Gasteiger partial charge in [0.05, 0.1) is 6.10 Å². The number of nitrogens with zero attached hydrogens (tertiary/aromatic N) is 2. The molecule has 94 valence electrons. The highest BCUT2D eigenvalue weighted by molar-refractivity contribution is 7.86. The molecular formula is C10H20N2O3S. The topological polar surface area (TPSA) is 60.9 Å². The third-order valence-corrected chi connectivity index (χ3v) is 5.33. The highest BCUT2D eigenvalue weighted by Crippen LogP contribution is 2.20. The molecule has 2 rings (SSSR count). The van der Waals surface area contributed by atoms with E-state index in [1.165, 1.54) is 4.31 Å². The van der Waals surface area contributed by atoms with Crippen molar-refractivity contribution < 1.29 is 13.5 Å². The summed E-state index contributed by atoms with van der Waals surface area (Å²) < 4.78 is 27.5. The summed E-state index contributed by atoms with van der Waals surface area (Å²) in [7, 11) is -3.31. The van der Waals surface area contributed by atoms with E-state index >= 15 is 0 Å². The molecule has 1 atom stereocenters. The molecule has 1 N–H and O–H groups in total. The molecule has 0 amide bonds. The van der Waals surface area contributed by atoms with Gasteiger partial charge in [0.25, 0.3) is 10.2 Å². The van der Waals surface area contributed by atoms with Crippen LogP contribution < -0.4 is 0 Å². The fourth-order valence-electron chi connectivity index (χ4n) is 2.39. The summed E-state index contributed by atoms with van der Waals surface area (Å²) in [6.07, 6.45) is 4.01. The van der Waals surface area contributed by atoms with Crippen LogP contribution in [0.2, 0.25) is 0 Å². The Bertz CT molecular complexity index is 325. The second-order valence-corrected chi connectivity index (χ2v) is 6.55. The van der Waals surface area contributed by atoms with E-state index in [2.05, 4.69) is 0 Å². The van der Waals surface area contributed by atoms with Crippen LogP contribution in [-0.2, 0) is 10.2 Å². The number of hydrogen-bond acceptors (Lipinski definition) is 3. The lowest BCUT2D eigenvalue weighted by atomic mass is 10.1. The van der Waals surface area contributed by atoms with Crippen LogP contribution >= 0.6 is 0 Å². The zero-order valence-corrected chi connectivity index (χ0v) is 10.3. The lowest BCUT2D eigenvalue weighted by Crippen LogP contribution is -2.50. The van der Waals surface area contributed by atoms with Crippen molar-refractivity contribution in [2.45, 2.75) is 38.2 Å². The molecule has 2 heterocycles. The molecule has 0 saturated carbocycles. The number of aliphatic hydroxyl groups excluding tert-OH is 1. The lowest BCUT2D eigenvalue weighted by molar-refractivity contribution is 0.104. The first-order valence-corrected chi connectivity index (χ1v) is 7.44. The summed E-state index contributed by atoms with van der Waals surface area (Å²) in [5, 5.41) is 9.52. The van der Waals surface area contributed by atoms with E-state index in [0.717, 1.165) is 25.7 Å². The molecule has 0 bridgehead atoms. The largest absolute Gasteiger partial charge is 0.392 e. The monoisotopic (exact) mass is 248 g/mol. The van der Waals surface area contributed by atoms with Crippen molar-refractivity contribution in [3.63, 3.8) is 0 Å². The van der Waals surface area contributed by atoms with Gasteiger partial charge in [-0.05, 0) is 25.7 Å². The van der Waals surface area contributed by atoms with Gasteiger partial charge in [0.15, 0.2) is 0 Å². The quantitative estimate of drug-likeness (QED) is 0.758. The third-order valence-electron chi connectivity index (χ3n) is 3.33. The van der Waals surface area contributed by atoms with Gasteiger partial charge in [0.1, 0.15) is 0 Å². The Morgan fingerprint density at radius 1 is 0.938 bits per heavy atom. The Kier molecular flexibility index (Phi) is 3.84. The smallest absolute Gasteiger partial charge is 0.282 e. The molecule has 6 heteroatoms. The van der Waals surface area contributed by atoms with E-state index < -0.39 is 16.3 Å². The van der Waals surface area contributed by atoms with Crippen molar-refractivity contribution in [1.29, 1.82) is 0 Å². The highest BCUT2D eigenvalue weighted by atomic mass is 32.2. The summed E-state index contributed by atoms with van der Waals surface area (Å²) in [5.41, 5.74) is 0. The Morgan fingerprint density at radius 3 is 2.19 bits per heavy atom. The molecule has 0 aromatic heterocycles. The van der Waals surface area contributed by atoms with Gasteiger partial charge in [-0.15, -0.1) is 0 Å². The summed E-state index contributed by atoms with van der Waals surface area (Å²) in [6.45, 7) is 2.08. The summed E-state index contributed by atoms with van der Waals surface area (Å²) in [6, 6.07) is 0. The van der Waals surface area contributed by atoms with Crippen molar-refractivity contribution in [3.05, 3.63) is 0 Å². The number of aliphatic hydroxyl groups is 1. The van der Waals surface area contributed by atoms with Crippen LogP contribution in [0.4, 0.5) is 0 Å². The van der Waals surface area contributed by atoms with E-state index in [-0.39, 0.29) is 6.54 Å². The van der Waals surface area contributed by atoms with Gasteiger partial charge in [-0.1, -0.05) is 6.42 Å². The summed E-state index contributed by atoms with van der Waals surface area (Å²) in [4.78, 5) is 0. The molecule has 2 aliphatic rings. The minimum atomic E-state index is -3.31. The average Bonchev–Trinajstić information content (AvgIpc) is 2.30. The van der Waals surface area contributed by atoms with E-state index in [1.54, 1.807) is 4.31 Å². The maximum atomic E-state index is 12.2. The predicted octanol–water partition coefficient (Wildman–Crippen LogP) is 0.174. The van der Waals surface area contributed by atoms with Crippen LogP contribution in [0.3, 0.4) is 0 Å². The van der Waals surface area contributed by atoms with E-state index in [1.807, 2.05) is 0 Å². The minimum Gasteiger partial charge on any atom is -0.392 e. The van der Waals surface area contributed by atoms with Gasteiger partial charge in [0.2, 0.25) is 0 Å². The Labute approximate surface area is 97.2 Å². The fourth-order valence-corrected chi connectivity index (χ4v) is 4.16. The zero-order valence-electron chi connectivity index (χ0n) is 9.51. The maximum Gasteiger partial charge on any atom is 0.282 e. The molecule has 2 saturated heterocycles. The van der Waals surface area contributed by atoms with Crippen molar-refractivity contribution in [3.8, 4) is 0 Å². The molecule has 0 aromatic rings. The first-order valence-electron chi connectivity index (χ1n) is 6.04. The van der Waals surface area contributed by atoms with Crippen molar-refractivity contribution in [2.75, 3.05) is 26.2 Å². The van der Waals surface area contributed by atoms with Crippen LogP contribution in [0.5, 0.6) is 0 Å². The summed E-state index contributed by atoms with van der Waals surface area (Å²) in [5.74, 6) is 0. The number of hydrogen-bond donors (Lipinski definition) is 1. The maximum absolute atomic E-state index is 12.2. The number of piperidine rings is 2. The fraction of sp³-hybridized carbons (Fsp3) is 1.00. The van der Waals surface area contributed by atoms with Gasteiger partial charge in [-0.3, -0.25) is 0 Å². The zero-order chi connectivity index (χ0) is 11.6. The molecule has 0 aromatic carbocycles. The molecule has 0 radical (unpaired) electrons. The van der Waals surface area contributed by atoms with Crippen molar-refractivity contribution >= 4 is 10.2 Å². The van der Waals surface area contributed by atoms with Crippen LogP contribution in [0.1, 0.15) is 32.1 Å². The Morgan fingerprint density at radius 2 is 1.56 bits per heavy atom. The van der Waals surface area contributed by atoms with Gasteiger partial charge in [0, 0.05) is 26.2 Å². The van der Waals surface area contributed by atoms with Crippen LogP contribution in [0.15, 0.2) is 0 Å². The van der Waals surface area contributed by atoms with E-state index in [9.17, 15) is 13.5 Å². The van der Waals surface area contributed by atoms with Crippen molar-refractivity contribution in [1.82, 2.24) is 8.61 Å². The second-order valence-electron chi connectivity index (χ2n) is 4.62. The average molecular weight is 248 g/mol. The lowest BCUT2D eigenvalue weighted by Gasteiger charge is -2.35. The van der Waals surface area contributed by atoms with Crippen LogP contribution in [0.25, 0.3) is 0 Å². The molecule has 0 aliphatic carbocycles. The van der Waals surface area contributed by atoms with Gasteiger partial charge < -0.3 is 5.11 Å². The normalized spacial score (nSPS) is 30.4. The minimum absolute atomic E-state index is 0.263. The second kappa shape index (κ2) is 5.00. The van der Waals surface area contributed by atoms with Gasteiger partial charge in [-0.2, -0.15) is 17.0 Å². The van der Waals surface area contributed by atoms with Gasteiger partial charge in [-0.25, -0.2) is 0 Å². The van der Waals surface area contributed by atoms with Crippen molar-refractivity contribution in [2.24, 2.45) is 0 Å². The molecular weight excluding hydrogens is 228 g/mol. The molecule has 1 unspecified atom stereocenters. The van der Waals surface area contributed by atoms with E-state index in [4.69, 9.17) is 0 Å². The Balaban J connectivity index is 2.05. The van der Waals surface area contributed by atoms with Crippen LogP contribution in [0, 0.1) is 0 Å². The molecule has 2 fully saturated rings.